The van der Waals surface area contributed by atoms with Crippen LogP contribution in [-0.2, 0) is 39.3 Å². The zero-order valence-electron chi connectivity index (χ0n) is 23.2. The number of aryl methyl sites for hydroxylation is 1. The molecule has 0 unspecified atom stereocenters. The summed E-state index contributed by atoms with van der Waals surface area (Å²) in [4.78, 5) is 45.7. The molecule has 2 aliphatic heterocycles. The third-order valence-electron chi connectivity index (χ3n) is 8.40. The van der Waals surface area contributed by atoms with Crippen LogP contribution in [0.5, 0.6) is 5.75 Å². The van der Waals surface area contributed by atoms with Gasteiger partial charge in [-0.05, 0) is 53.8 Å². The average Bonchev–Trinajstić information content (AvgIpc) is 3.40. The third-order valence-corrected chi connectivity index (χ3v) is 8.40. The van der Waals surface area contributed by atoms with Crippen LogP contribution in [0, 0.1) is 12.8 Å². The molecule has 0 aromatic heterocycles. The molecule has 0 N–H and O–H groups in total. The number of ether oxygens (including phenoxy) is 1. The second-order valence-electron chi connectivity index (χ2n) is 11.0. The summed E-state index contributed by atoms with van der Waals surface area (Å²) in [5.74, 6) is -0.809. The van der Waals surface area contributed by atoms with E-state index in [1.807, 2.05) is 110 Å². The molecule has 2 aliphatic rings. The quantitative estimate of drug-likeness (QED) is 0.271. The van der Waals surface area contributed by atoms with Crippen LogP contribution in [0.3, 0.4) is 0 Å². The van der Waals surface area contributed by atoms with Crippen molar-refractivity contribution in [2.45, 2.75) is 38.3 Å². The van der Waals surface area contributed by atoms with Gasteiger partial charge in [0.25, 0.3) is 0 Å². The standard InChI is InChI=1S/C35H32N2O4/c1-24-13-18-31-29(19-24)35(21-25-9-5-3-6-10-25,34(40)36(31)22-26-11-7-4-8-12-26)30-20-32(38)37(33(30)39)23-27-14-16-28(41-2)17-15-27/h3-19,30H,20-23H2,1-2H3/t30-,35+/m0/s1. The molecule has 0 radical (unpaired) electrons. The topological polar surface area (TPSA) is 66.9 Å². The molecule has 3 amide bonds. The minimum absolute atomic E-state index is 0.0138. The monoisotopic (exact) mass is 544 g/mol. The van der Waals surface area contributed by atoms with Crippen LogP contribution in [0.15, 0.2) is 103 Å². The van der Waals surface area contributed by atoms with Crippen molar-refractivity contribution in [3.8, 4) is 5.75 Å². The van der Waals surface area contributed by atoms with Crippen LogP contribution in [0.25, 0.3) is 0 Å². The highest BCUT2D eigenvalue weighted by atomic mass is 16.5. The number of rotatable bonds is 8. The van der Waals surface area contributed by atoms with Gasteiger partial charge in [0, 0.05) is 12.1 Å². The van der Waals surface area contributed by atoms with Gasteiger partial charge in [-0.3, -0.25) is 19.3 Å². The Labute approximate surface area is 240 Å². The van der Waals surface area contributed by atoms with Gasteiger partial charge in [-0.2, -0.15) is 0 Å². The maximum atomic E-state index is 14.8. The number of hydrogen-bond acceptors (Lipinski definition) is 4. The molecule has 0 bridgehead atoms. The van der Waals surface area contributed by atoms with Crippen molar-refractivity contribution in [1.82, 2.24) is 4.90 Å². The largest absolute Gasteiger partial charge is 0.497 e. The van der Waals surface area contributed by atoms with Crippen LogP contribution in [0.1, 0.15) is 34.2 Å². The number of methoxy groups -OCH3 is 1. The number of benzene rings is 4. The predicted octanol–water partition coefficient (Wildman–Crippen LogP) is 5.61. The number of carbonyl (C=O) groups is 3. The number of hydrogen-bond donors (Lipinski definition) is 0. The normalized spacial score (nSPS) is 20.0. The van der Waals surface area contributed by atoms with Gasteiger partial charge in [-0.1, -0.05) is 90.5 Å². The predicted molar refractivity (Wildman–Crippen MR) is 157 cm³/mol. The van der Waals surface area contributed by atoms with Crippen molar-refractivity contribution < 1.29 is 19.1 Å². The molecule has 0 saturated carbocycles. The van der Waals surface area contributed by atoms with E-state index in [2.05, 4.69) is 0 Å². The second kappa shape index (κ2) is 10.7. The molecule has 41 heavy (non-hydrogen) atoms. The fraction of sp³-hybridized carbons (Fsp3) is 0.229. The van der Waals surface area contributed by atoms with E-state index in [1.165, 1.54) is 4.90 Å². The van der Waals surface area contributed by atoms with Crippen LogP contribution >= 0.6 is 0 Å². The molecule has 4 aromatic carbocycles. The van der Waals surface area contributed by atoms with Crippen molar-refractivity contribution in [1.29, 1.82) is 0 Å². The fourth-order valence-electron chi connectivity index (χ4n) is 6.33. The molecule has 0 aliphatic carbocycles. The van der Waals surface area contributed by atoms with Gasteiger partial charge in [0.15, 0.2) is 0 Å². The summed E-state index contributed by atoms with van der Waals surface area (Å²) >= 11 is 0. The van der Waals surface area contributed by atoms with Crippen molar-refractivity contribution >= 4 is 23.4 Å². The van der Waals surface area contributed by atoms with E-state index in [-0.39, 0.29) is 30.7 Å². The summed E-state index contributed by atoms with van der Waals surface area (Å²) in [5.41, 5.74) is 4.18. The Morgan fingerprint density at radius 1 is 0.756 bits per heavy atom. The van der Waals surface area contributed by atoms with Crippen LogP contribution in [0.2, 0.25) is 0 Å². The van der Waals surface area contributed by atoms with E-state index < -0.39 is 11.3 Å². The zero-order valence-corrected chi connectivity index (χ0v) is 23.2. The van der Waals surface area contributed by atoms with Crippen LogP contribution < -0.4 is 9.64 Å². The number of fused-ring (bicyclic) bond motifs is 1. The van der Waals surface area contributed by atoms with Crippen molar-refractivity contribution in [2.75, 3.05) is 12.0 Å². The van der Waals surface area contributed by atoms with E-state index in [0.29, 0.717) is 18.7 Å². The lowest BCUT2D eigenvalue weighted by Crippen LogP contribution is -2.49. The summed E-state index contributed by atoms with van der Waals surface area (Å²) in [6.07, 6.45) is 0.314. The summed E-state index contributed by atoms with van der Waals surface area (Å²) in [7, 11) is 1.60. The lowest BCUT2D eigenvalue weighted by atomic mass is 9.66. The average molecular weight is 545 g/mol. The Morgan fingerprint density at radius 3 is 2.02 bits per heavy atom. The molecular weight excluding hydrogens is 512 g/mol. The lowest BCUT2D eigenvalue weighted by Gasteiger charge is -2.34. The van der Waals surface area contributed by atoms with Crippen molar-refractivity contribution in [3.05, 3.63) is 131 Å². The number of anilines is 1. The van der Waals surface area contributed by atoms with Gasteiger partial charge in [-0.15, -0.1) is 0 Å². The lowest BCUT2D eigenvalue weighted by molar-refractivity contribution is -0.142. The Morgan fingerprint density at radius 2 is 1.37 bits per heavy atom. The van der Waals surface area contributed by atoms with Gasteiger partial charge in [0.05, 0.1) is 31.5 Å². The molecule has 2 heterocycles. The first-order chi connectivity index (χ1) is 19.9. The van der Waals surface area contributed by atoms with Gasteiger partial charge >= 0.3 is 0 Å². The first kappa shape index (κ1) is 26.5. The highest BCUT2D eigenvalue weighted by molar-refractivity contribution is 6.14. The Bertz CT molecular complexity index is 1600. The Balaban J connectivity index is 1.44. The highest BCUT2D eigenvalue weighted by Gasteiger charge is 2.61. The smallest absolute Gasteiger partial charge is 0.239 e. The molecule has 6 rings (SSSR count). The van der Waals surface area contributed by atoms with Gasteiger partial charge in [-0.25, -0.2) is 0 Å². The van der Waals surface area contributed by atoms with Gasteiger partial charge in [0.2, 0.25) is 17.7 Å². The molecule has 0 spiro atoms. The van der Waals surface area contributed by atoms with E-state index in [9.17, 15) is 14.4 Å². The molecule has 1 fully saturated rings. The van der Waals surface area contributed by atoms with Crippen molar-refractivity contribution in [2.24, 2.45) is 5.92 Å². The summed E-state index contributed by atoms with van der Waals surface area (Å²) in [5, 5.41) is 0. The first-order valence-electron chi connectivity index (χ1n) is 13.9. The maximum Gasteiger partial charge on any atom is 0.239 e. The number of carbonyl (C=O) groups excluding carboxylic acids is 3. The Kier molecular flexibility index (Phi) is 6.91. The molecule has 206 valence electrons. The number of nitrogens with zero attached hydrogens (tertiary/aromatic N) is 2. The van der Waals surface area contributed by atoms with Crippen LogP contribution in [0.4, 0.5) is 5.69 Å². The minimum Gasteiger partial charge on any atom is -0.497 e. The van der Waals surface area contributed by atoms with E-state index in [4.69, 9.17) is 4.74 Å². The second-order valence-corrected chi connectivity index (χ2v) is 11.0. The number of imide groups is 1. The van der Waals surface area contributed by atoms with Crippen molar-refractivity contribution in [3.63, 3.8) is 0 Å². The molecular formula is C35H32N2O4. The molecule has 1 saturated heterocycles. The Hall–Kier alpha value is -4.71. The summed E-state index contributed by atoms with van der Waals surface area (Å²) in [6, 6.07) is 33.0. The molecule has 2 atom stereocenters. The minimum atomic E-state index is -1.21. The molecule has 4 aromatic rings. The van der Waals surface area contributed by atoms with Gasteiger partial charge in [0.1, 0.15) is 5.75 Å². The van der Waals surface area contributed by atoms with E-state index in [0.717, 1.165) is 33.5 Å². The molecule has 6 heteroatoms. The molecule has 6 nitrogen and oxygen atoms in total. The maximum absolute atomic E-state index is 14.8. The number of likely N-dealkylation sites (tertiary alicyclic amines) is 1. The van der Waals surface area contributed by atoms with Crippen LogP contribution in [-0.4, -0.2) is 29.7 Å². The third kappa shape index (κ3) is 4.69. The number of amides is 3. The zero-order chi connectivity index (χ0) is 28.6. The first-order valence-corrected chi connectivity index (χ1v) is 13.9. The SMILES string of the molecule is COc1ccc(CN2C(=O)C[C@H]([C@]3(Cc4ccccc4)C(=O)N(Cc4ccccc4)c4ccc(C)cc43)C2=O)cc1. The summed E-state index contributed by atoms with van der Waals surface area (Å²) in [6.45, 7) is 2.54. The summed E-state index contributed by atoms with van der Waals surface area (Å²) < 4.78 is 5.25. The fourth-order valence-corrected chi connectivity index (χ4v) is 6.33. The van der Waals surface area contributed by atoms with Gasteiger partial charge < -0.3 is 9.64 Å². The van der Waals surface area contributed by atoms with E-state index >= 15 is 0 Å². The van der Waals surface area contributed by atoms with E-state index in [1.54, 1.807) is 12.0 Å². The highest BCUT2D eigenvalue weighted by Crippen LogP contribution is 2.52.